The summed E-state index contributed by atoms with van der Waals surface area (Å²) >= 11 is 0. The number of carbonyl (C=O) groups is 2. The standard InChI is InChI=1S/C12H16N4O3/c1-15-5-2-6-16(7-10(15)17)11-8(13)3-4-9(14-11)12(18)19/h3-4H,2,5-7,13H2,1H3,(H,18,19). The Labute approximate surface area is 110 Å². The molecule has 1 amide bonds. The molecule has 1 fully saturated rings. The van der Waals surface area contributed by atoms with Crippen LogP contribution < -0.4 is 10.6 Å². The largest absolute Gasteiger partial charge is 0.477 e. The van der Waals surface area contributed by atoms with Gasteiger partial charge in [0.2, 0.25) is 5.91 Å². The van der Waals surface area contributed by atoms with Crippen LogP contribution in [0.2, 0.25) is 0 Å². The predicted molar refractivity (Wildman–Crippen MR) is 70.1 cm³/mol. The van der Waals surface area contributed by atoms with Crippen molar-refractivity contribution in [3.8, 4) is 0 Å². The van der Waals surface area contributed by atoms with E-state index in [1.807, 2.05) is 0 Å². The van der Waals surface area contributed by atoms with Crippen molar-refractivity contribution < 1.29 is 14.7 Å². The molecule has 1 saturated heterocycles. The average Bonchev–Trinajstić information content (AvgIpc) is 2.52. The number of hydrogen-bond acceptors (Lipinski definition) is 5. The lowest BCUT2D eigenvalue weighted by Crippen LogP contribution is -2.35. The summed E-state index contributed by atoms with van der Waals surface area (Å²) < 4.78 is 0. The van der Waals surface area contributed by atoms with Crippen molar-refractivity contribution in [3.05, 3.63) is 17.8 Å². The molecule has 0 radical (unpaired) electrons. The second-order valence-electron chi connectivity index (χ2n) is 4.50. The minimum absolute atomic E-state index is 0.0283. The van der Waals surface area contributed by atoms with Gasteiger partial charge in [-0.25, -0.2) is 9.78 Å². The third kappa shape index (κ3) is 2.75. The lowest BCUT2D eigenvalue weighted by Gasteiger charge is -2.22. The van der Waals surface area contributed by atoms with Gasteiger partial charge < -0.3 is 20.6 Å². The fraction of sp³-hybridized carbons (Fsp3) is 0.417. The Hall–Kier alpha value is -2.31. The van der Waals surface area contributed by atoms with Gasteiger partial charge in [0.1, 0.15) is 0 Å². The number of carboxylic acid groups (broad SMARTS) is 1. The van der Waals surface area contributed by atoms with Crippen LogP contribution in [0.25, 0.3) is 0 Å². The number of aromatic nitrogens is 1. The number of nitrogens with two attached hydrogens (primary N) is 1. The number of nitrogens with zero attached hydrogens (tertiary/aromatic N) is 3. The summed E-state index contributed by atoms with van der Waals surface area (Å²) in [5.74, 6) is -0.775. The Bertz CT molecular complexity index is 518. The highest BCUT2D eigenvalue weighted by Crippen LogP contribution is 2.22. The third-order valence-corrected chi connectivity index (χ3v) is 3.10. The van der Waals surface area contributed by atoms with E-state index in [0.29, 0.717) is 24.6 Å². The highest BCUT2D eigenvalue weighted by atomic mass is 16.4. The molecule has 0 unspecified atom stereocenters. The zero-order valence-electron chi connectivity index (χ0n) is 10.7. The molecule has 19 heavy (non-hydrogen) atoms. The quantitative estimate of drug-likeness (QED) is 0.781. The highest BCUT2D eigenvalue weighted by Gasteiger charge is 2.22. The molecule has 0 bridgehead atoms. The van der Waals surface area contributed by atoms with Crippen molar-refractivity contribution in [1.82, 2.24) is 9.88 Å². The number of nitrogen functional groups attached to an aromatic ring is 1. The van der Waals surface area contributed by atoms with Gasteiger partial charge in [-0.3, -0.25) is 4.79 Å². The zero-order chi connectivity index (χ0) is 14.0. The number of hydrogen-bond donors (Lipinski definition) is 2. The van der Waals surface area contributed by atoms with Crippen LogP contribution in [0.4, 0.5) is 11.5 Å². The van der Waals surface area contributed by atoms with Gasteiger partial charge >= 0.3 is 5.97 Å². The minimum atomic E-state index is -1.11. The first-order valence-electron chi connectivity index (χ1n) is 5.98. The van der Waals surface area contributed by atoms with Crippen molar-refractivity contribution in [3.63, 3.8) is 0 Å². The lowest BCUT2D eigenvalue weighted by molar-refractivity contribution is -0.127. The van der Waals surface area contributed by atoms with E-state index in [1.54, 1.807) is 16.8 Å². The van der Waals surface area contributed by atoms with Crippen LogP contribution in [0.1, 0.15) is 16.9 Å². The monoisotopic (exact) mass is 264 g/mol. The van der Waals surface area contributed by atoms with Crippen LogP contribution in [0.3, 0.4) is 0 Å². The van der Waals surface area contributed by atoms with Gasteiger partial charge in [-0.1, -0.05) is 0 Å². The molecule has 7 heteroatoms. The number of pyridine rings is 1. The van der Waals surface area contributed by atoms with Gasteiger partial charge in [-0.05, 0) is 18.6 Å². The first-order valence-corrected chi connectivity index (χ1v) is 5.98. The zero-order valence-corrected chi connectivity index (χ0v) is 10.7. The Morgan fingerprint density at radius 3 is 2.84 bits per heavy atom. The highest BCUT2D eigenvalue weighted by molar-refractivity contribution is 5.88. The molecule has 1 aliphatic rings. The number of aromatic carboxylic acids is 1. The smallest absolute Gasteiger partial charge is 0.354 e. The number of anilines is 2. The van der Waals surface area contributed by atoms with Crippen molar-refractivity contribution in [2.24, 2.45) is 0 Å². The second kappa shape index (κ2) is 5.13. The van der Waals surface area contributed by atoms with Crippen molar-refractivity contribution in [2.45, 2.75) is 6.42 Å². The molecule has 2 rings (SSSR count). The number of amides is 1. The number of carbonyl (C=O) groups excluding carboxylic acids is 1. The molecule has 0 aromatic carbocycles. The van der Waals surface area contributed by atoms with Crippen molar-refractivity contribution in [1.29, 1.82) is 0 Å². The molecule has 102 valence electrons. The molecule has 1 aliphatic heterocycles. The molecule has 2 heterocycles. The van der Waals surface area contributed by atoms with Gasteiger partial charge in [0.25, 0.3) is 0 Å². The number of carboxylic acids is 1. The van der Waals surface area contributed by atoms with Crippen molar-refractivity contribution >= 4 is 23.4 Å². The molecular formula is C12H16N4O3. The Kier molecular flexibility index (Phi) is 3.55. The topological polar surface area (TPSA) is 99.8 Å². The molecule has 1 aromatic heterocycles. The number of likely N-dealkylation sites (N-methyl/N-ethyl adjacent to an activating group) is 1. The molecule has 3 N–H and O–H groups in total. The van der Waals surface area contributed by atoms with Crippen LogP contribution in [0, 0.1) is 0 Å². The van der Waals surface area contributed by atoms with E-state index < -0.39 is 5.97 Å². The normalized spacial score (nSPS) is 16.4. The van der Waals surface area contributed by atoms with Gasteiger partial charge in [0, 0.05) is 20.1 Å². The molecule has 0 atom stereocenters. The first-order chi connectivity index (χ1) is 8.99. The Morgan fingerprint density at radius 1 is 1.42 bits per heavy atom. The maximum atomic E-state index is 11.8. The van der Waals surface area contributed by atoms with Gasteiger partial charge in [-0.15, -0.1) is 0 Å². The van der Waals surface area contributed by atoms with Crippen LogP contribution in [-0.4, -0.2) is 53.5 Å². The SMILES string of the molecule is CN1CCCN(c2nc(C(=O)O)ccc2N)CC1=O. The number of rotatable bonds is 2. The summed E-state index contributed by atoms with van der Waals surface area (Å²) in [5, 5.41) is 8.95. The molecule has 0 saturated carbocycles. The summed E-state index contributed by atoms with van der Waals surface area (Å²) in [5.41, 5.74) is 6.13. The molecular weight excluding hydrogens is 248 g/mol. The molecule has 7 nitrogen and oxygen atoms in total. The predicted octanol–water partition coefficient (Wildman–Crippen LogP) is 0.0305. The summed E-state index contributed by atoms with van der Waals surface area (Å²) in [4.78, 5) is 30.2. The Balaban J connectivity index is 2.32. The van der Waals surface area contributed by atoms with E-state index in [9.17, 15) is 9.59 Å². The lowest BCUT2D eigenvalue weighted by atomic mass is 10.3. The van der Waals surface area contributed by atoms with Crippen LogP contribution >= 0.6 is 0 Å². The van der Waals surface area contributed by atoms with E-state index in [2.05, 4.69) is 4.98 Å². The Morgan fingerprint density at radius 2 is 2.16 bits per heavy atom. The van der Waals surface area contributed by atoms with E-state index in [0.717, 1.165) is 6.42 Å². The van der Waals surface area contributed by atoms with Crippen LogP contribution in [0.15, 0.2) is 12.1 Å². The molecule has 1 aromatic rings. The maximum absolute atomic E-state index is 11.8. The summed E-state index contributed by atoms with van der Waals surface area (Å²) in [6.07, 6.45) is 0.792. The minimum Gasteiger partial charge on any atom is -0.477 e. The van der Waals surface area contributed by atoms with E-state index >= 15 is 0 Å². The fourth-order valence-electron chi connectivity index (χ4n) is 2.00. The third-order valence-electron chi connectivity index (χ3n) is 3.10. The van der Waals surface area contributed by atoms with Crippen LogP contribution in [-0.2, 0) is 4.79 Å². The second-order valence-corrected chi connectivity index (χ2v) is 4.50. The first kappa shape index (κ1) is 13.1. The van der Waals surface area contributed by atoms with E-state index in [4.69, 9.17) is 10.8 Å². The van der Waals surface area contributed by atoms with E-state index in [-0.39, 0.29) is 18.1 Å². The maximum Gasteiger partial charge on any atom is 0.354 e. The van der Waals surface area contributed by atoms with Gasteiger partial charge in [-0.2, -0.15) is 0 Å². The van der Waals surface area contributed by atoms with Crippen LogP contribution in [0.5, 0.6) is 0 Å². The summed E-state index contributed by atoms with van der Waals surface area (Å²) in [6.45, 7) is 1.46. The van der Waals surface area contributed by atoms with E-state index in [1.165, 1.54) is 12.1 Å². The summed E-state index contributed by atoms with van der Waals surface area (Å²) in [7, 11) is 1.75. The van der Waals surface area contributed by atoms with Gasteiger partial charge in [0.15, 0.2) is 11.5 Å². The molecule has 0 spiro atoms. The van der Waals surface area contributed by atoms with Gasteiger partial charge in [0.05, 0.1) is 12.2 Å². The average molecular weight is 264 g/mol. The van der Waals surface area contributed by atoms with Crippen molar-refractivity contribution in [2.75, 3.05) is 37.3 Å². The molecule has 0 aliphatic carbocycles. The fourth-order valence-corrected chi connectivity index (χ4v) is 2.00. The summed E-state index contributed by atoms with van der Waals surface area (Å²) in [6, 6.07) is 2.86.